The Labute approximate surface area is 292 Å². The molecule has 3 aromatic rings. The Hall–Kier alpha value is -4.65. The Morgan fingerprint density at radius 1 is 1.04 bits per heavy atom. The number of nitrogens with zero attached hydrogens (tertiary/aromatic N) is 2. The molecule has 0 spiro atoms. The number of sulfonamides is 1. The molecule has 50 heavy (non-hydrogen) atoms. The molecular formula is C37H43N5O7S. The normalized spacial score (nSPS) is 27.3. The van der Waals surface area contributed by atoms with Crippen LogP contribution in [0, 0.1) is 5.92 Å². The van der Waals surface area contributed by atoms with Gasteiger partial charge in [-0.2, -0.15) is 0 Å². The number of hydrogen-bond acceptors (Lipinski definition) is 9. The Balaban J connectivity index is 1.19. The largest absolute Gasteiger partial charge is 0.497 e. The van der Waals surface area contributed by atoms with Gasteiger partial charge in [0.15, 0.2) is 0 Å². The van der Waals surface area contributed by atoms with Crippen LogP contribution in [0.25, 0.3) is 10.9 Å². The van der Waals surface area contributed by atoms with E-state index < -0.39 is 50.8 Å². The second-order valence-electron chi connectivity index (χ2n) is 13.8. The van der Waals surface area contributed by atoms with E-state index in [1.165, 1.54) is 0 Å². The van der Waals surface area contributed by atoms with E-state index in [1.807, 2.05) is 60.7 Å². The summed E-state index contributed by atoms with van der Waals surface area (Å²) < 4.78 is 39.7. The number of anilines is 1. The Kier molecular flexibility index (Phi) is 9.42. The van der Waals surface area contributed by atoms with Crippen LogP contribution in [0.15, 0.2) is 72.9 Å². The minimum Gasteiger partial charge on any atom is -0.497 e. The number of para-hydroxylation sites is 1. The maximum Gasteiger partial charge on any atom is 0.259 e. The summed E-state index contributed by atoms with van der Waals surface area (Å²) in [6.45, 7) is 0.141. The lowest BCUT2D eigenvalue weighted by atomic mass is 10.0. The molecule has 3 fully saturated rings. The number of aromatic nitrogens is 1. The third-order valence-corrected chi connectivity index (χ3v) is 12.0. The fourth-order valence-corrected chi connectivity index (χ4v) is 8.46. The van der Waals surface area contributed by atoms with E-state index >= 15 is 0 Å². The Morgan fingerprint density at radius 3 is 2.64 bits per heavy atom. The molecular weight excluding hydrogens is 659 g/mol. The number of amides is 3. The highest BCUT2D eigenvalue weighted by atomic mass is 32.2. The smallest absolute Gasteiger partial charge is 0.259 e. The molecule has 12 nitrogen and oxygen atoms in total. The number of carbonyl (C=O) groups is 3. The van der Waals surface area contributed by atoms with Gasteiger partial charge >= 0.3 is 0 Å². The molecule has 3 N–H and O–H groups in total. The van der Waals surface area contributed by atoms with E-state index in [9.17, 15) is 22.8 Å². The van der Waals surface area contributed by atoms with Crippen LogP contribution in [0.2, 0.25) is 0 Å². The maximum atomic E-state index is 14.5. The van der Waals surface area contributed by atoms with Crippen LogP contribution < -0.4 is 24.8 Å². The van der Waals surface area contributed by atoms with Gasteiger partial charge in [-0.25, -0.2) is 8.42 Å². The fourth-order valence-electron chi connectivity index (χ4n) is 7.09. The number of methoxy groups -OCH3 is 1. The summed E-state index contributed by atoms with van der Waals surface area (Å²) >= 11 is 0. The topological polar surface area (TPSA) is 156 Å². The molecule has 13 heteroatoms. The molecule has 3 amide bonds. The first-order valence-electron chi connectivity index (χ1n) is 17.4. The number of hydrogen-bond donors (Lipinski definition) is 3. The van der Waals surface area contributed by atoms with E-state index in [0.29, 0.717) is 36.3 Å². The van der Waals surface area contributed by atoms with Gasteiger partial charge in [0.1, 0.15) is 35.2 Å². The molecule has 1 saturated heterocycles. The molecule has 0 unspecified atom stereocenters. The highest BCUT2D eigenvalue weighted by molar-refractivity contribution is 7.91. The van der Waals surface area contributed by atoms with Crippen LogP contribution in [0.1, 0.15) is 57.8 Å². The fraction of sp³-hybridized carbons (Fsp3) is 0.459. The SMILES string of the molecule is COc1ccc2c(O[C@@H]3C[C@H]4C(=O)N[C@]5(C(=O)NS(=O)(=O)C6CC6)C[C@H]5C=CCCCCC[C@H](Nc5ccccc5)C(=O)N4C3)ccnc2c1. The van der Waals surface area contributed by atoms with Crippen LogP contribution in [-0.2, 0) is 24.4 Å². The van der Waals surface area contributed by atoms with Crippen molar-refractivity contribution < 1.29 is 32.3 Å². The molecule has 7 rings (SSSR count). The third-order valence-electron chi connectivity index (χ3n) is 10.2. The number of fused-ring (bicyclic) bond motifs is 3. The van der Waals surface area contributed by atoms with Gasteiger partial charge in [0.2, 0.25) is 21.8 Å². The van der Waals surface area contributed by atoms with Crippen LogP contribution in [0.4, 0.5) is 5.69 Å². The zero-order valence-electron chi connectivity index (χ0n) is 28.0. The van der Waals surface area contributed by atoms with Crippen molar-refractivity contribution in [2.24, 2.45) is 5.92 Å². The van der Waals surface area contributed by atoms with Crippen molar-refractivity contribution in [1.29, 1.82) is 0 Å². The molecule has 2 aliphatic carbocycles. The van der Waals surface area contributed by atoms with Crippen LogP contribution in [-0.4, -0.2) is 78.7 Å². The molecule has 2 aliphatic heterocycles. The summed E-state index contributed by atoms with van der Waals surface area (Å²) in [7, 11) is -2.25. The van der Waals surface area contributed by atoms with Gasteiger partial charge in [-0.3, -0.25) is 24.1 Å². The zero-order chi connectivity index (χ0) is 34.9. The summed E-state index contributed by atoms with van der Waals surface area (Å²) in [6, 6.07) is 15.2. The molecule has 4 aliphatic rings. The van der Waals surface area contributed by atoms with Gasteiger partial charge in [-0.05, 0) is 68.9 Å². The minimum absolute atomic E-state index is 0.141. The number of pyridine rings is 1. The molecule has 1 aromatic heterocycles. The Morgan fingerprint density at radius 2 is 1.86 bits per heavy atom. The summed E-state index contributed by atoms with van der Waals surface area (Å²) in [5.41, 5.74) is 0.0510. The van der Waals surface area contributed by atoms with Gasteiger partial charge in [-0.15, -0.1) is 0 Å². The van der Waals surface area contributed by atoms with Crippen LogP contribution in [0.3, 0.4) is 0 Å². The summed E-state index contributed by atoms with van der Waals surface area (Å²) in [6.07, 6.45) is 10.4. The number of benzene rings is 2. The van der Waals surface area contributed by atoms with Gasteiger partial charge in [0.05, 0.1) is 24.4 Å². The van der Waals surface area contributed by atoms with Crippen molar-refractivity contribution >= 4 is 44.3 Å². The number of rotatable bonds is 8. The Bertz CT molecular complexity index is 1900. The van der Waals surface area contributed by atoms with Crippen molar-refractivity contribution in [3.63, 3.8) is 0 Å². The molecule has 0 radical (unpaired) electrons. The second-order valence-corrected chi connectivity index (χ2v) is 15.7. The number of allylic oxidation sites excluding steroid dienone is 1. The molecule has 5 atom stereocenters. The van der Waals surface area contributed by atoms with E-state index in [2.05, 4.69) is 20.3 Å². The molecule has 264 valence electrons. The number of ether oxygens (including phenoxy) is 2. The van der Waals surface area contributed by atoms with E-state index in [-0.39, 0.29) is 31.2 Å². The first kappa shape index (κ1) is 33.8. The van der Waals surface area contributed by atoms with Gasteiger partial charge in [0.25, 0.3) is 5.91 Å². The van der Waals surface area contributed by atoms with E-state index in [4.69, 9.17) is 9.47 Å². The van der Waals surface area contributed by atoms with Crippen LogP contribution >= 0.6 is 0 Å². The van der Waals surface area contributed by atoms with E-state index in [0.717, 1.165) is 36.8 Å². The predicted octanol–water partition coefficient (Wildman–Crippen LogP) is 4.08. The lowest BCUT2D eigenvalue weighted by Crippen LogP contribution is -2.57. The molecule has 0 bridgehead atoms. The highest BCUT2D eigenvalue weighted by Crippen LogP contribution is 2.46. The van der Waals surface area contributed by atoms with Gasteiger partial charge < -0.3 is 25.0 Å². The van der Waals surface area contributed by atoms with Gasteiger partial charge in [-0.1, -0.05) is 43.2 Å². The summed E-state index contributed by atoms with van der Waals surface area (Å²) in [4.78, 5) is 48.5. The zero-order valence-corrected chi connectivity index (χ0v) is 28.9. The number of carbonyl (C=O) groups excluding carboxylic acids is 3. The third kappa shape index (κ3) is 7.14. The van der Waals surface area contributed by atoms with E-state index in [1.54, 1.807) is 24.3 Å². The highest BCUT2D eigenvalue weighted by Gasteiger charge is 2.62. The van der Waals surface area contributed by atoms with Crippen molar-refractivity contribution in [3.05, 3.63) is 72.9 Å². The maximum absolute atomic E-state index is 14.5. The molecule has 3 heterocycles. The van der Waals surface area contributed by atoms with Crippen molar-refractivity contribution in [3.8, 4) is 11.5 Å². The predicted molar refractivity (Wildman–Crippen MR) is 188 cm³/mol. The van der Waals surface area contributed by atoms with Crippen molar-refractivity contribution in [1.82, 2.24) is 19.9 Å². The average Bonchev–Trinajstić information content (AvgIpc) is 4.04. The summed E-state index contributed by atoms with van der Waals surface area (Å²) in [5.74, 6) is -0.634. The molecule has 2 aromatic carbocycles. The first-order chi connectivity index (χ1) is 24.2. The lowest BCUT2D eigenvalue weighted by Gasteiger charge is -2.30. The first-order valence-corrected chi connectivity index (χ1v) is 19.0. The lowest BCUT2D eigenvalue weighted by molar-refractivity contribution is -0.140. The average molecular weight is 702 g/mol. The second kappa shape index (κ2) is 13.9. The quantitative estimate of drug-likeness (QED) is 0.295. The number of nitrogens with one attached hydrogen (secondary N) is 3. The standard InChI is InChI=1S/C37H43N5O7S/c1-48-26-14-17-29-31(20-26)38-19-18-33(29)49-27-21-32-34(43)40-37(36(45)41-50(46,47)28-15-16-28)22-24(37)10-6-3-2-4-9-13-30(35(44)42(32)23-27)39-25-11-7-5-8-12-25/h5-8,10-12,14,17-20,24,27-28,30,32,39H,2-4,9,13,15-16,21-23H2,1H3,(H,40,43)(H,41,45)/t24-,27-,30+,32+,37-/m1/s1. The van der Waals surface area contributed by atoms with Gasteiger partial charge in [0, 0.05) is 35.7 Å². The molecule has 2 saturated carbocycles. The van der Waals surface area contributed by atoms with Crippen molar-refractivity contribution in [2.75, 3.05) is 19.0 Å². The van der Waals surface area contributed by atoms with Crippen LogP contribution in [0.5, 0.6) is 11.5 Å². The monoisotopic (exact) mass is 701 g/mol. The van der Waals surface area contributed by atoms with Crippen molar-refractivity contribution in [2.45, 2.75) is 86.8 Å². The summed E-state index contributed by atoms with van der Waals surface area (Å²) in [5, 5.41) is 6.52. The minimum atomic E-state index is -3.84.